The number of H-pyrrole nitrogens is 1. The van der Waals surface area contributed by atoms with Crippen molar-refractivity contribution in [2.24, 2.45) is 0 Å². The summed E-state index contributed by atoms with van der Waals surface area (Å²) in [5.74, 6) is 0.337. The number of nitrogens with one attached hydrogen (secondary N) is 2. The third-order valence-electron chi connectivity index (χ3n) is 1.52. The van der Waals surface area contributed by atoms with Crippen molar-refractivity contribution in [3.8, 4) is 5.88 Å². The highest BCUT2D eigenvalue weighted by atomic mass is 16.5. The van der Waals surface area contributed by atoms with Crippen LogP contribution in [0, 0.1) is 6.92 Å². The Bertz CT molecular complexity index is 305. The summed E-state index contributed by atoms with van der Waals surface area (Å²) in [7, 11) is 0. The molecule has 11 heavy (non-hydrogen) atoms. The van der Waals surface area contributed by atoms with E-state index in [9.17, 15) is 4.79 Å². The highest BCUT2D eigenvalue weighted by molar-refractivity contribution is 5.95. The molecular weight excluding hydrogens is 146 g/mol. The number of ether oxygens (including phenoxy) is 1. The van der Waals surface area contributed by atoms with Gasteiger partial charge in [0.2, 0.25) is 0 Å². The van der Waals surface area contributed by atoms with Gasteiger partial charge in [0.15, 0.2) is 6.61 Å². The van der Waals surface area contributed by atoms with E-state index in [4.69, 9.17) is 4.74 Å². The van der Waals surface area contributed by atoms with E-state index in [1.807, 2.05) is 6.92 Å². The summed E-state index contributed by atoms with van der Waals surface area (Å²) in [4.78, 5) is 10.8. The van der Waals surface area contributed by atoms with E-state index in [1.54, 1.807) is 0 Å². The predicted molar refractivity (Wildman–Crippen MR) is 37.4 cm³/mol. The van der Waals surface area contributed by atoms with Crippen molar-refractivity contribution in [3.05, 3.63) is 5.69 Å². The molecule has 2 rings (SSSR count). The molecule has 2 N–H and O–H groups in total. The molecular formula is C6H7N3O2. The third kappa shape index (κ3) is 0.849. The summed E-state index contributed by atoms with van der Waals surface area (Å²) >= 11 is 0. The summed E-state index contributed by atoms with van der Waals surface area (Å²) < 4.78 is 5.00. The van der Waals surface area contributed by atoms with Gasteiger partial charge in [0, 0.05) is 0 Å². The van der Waals surface area contributed by atoms with Gasteiger partial charge in [0.05, 0.1) is 5.69 Å². The Morgan fingerprint density at radius 2 is 2.45 bits per heavy atom. The minimum absolute atomic E-state index is 0.0529. The van der Waals surface area contributed by atoms with Crippen LogP contribution in [-0.2, 0) is 4.79 Å². The molecule has 0 aliphatic carbocycles. The van der Waals surface area contributed by atoms with Crippen LogP contribution >= 0.6 is 0 Å². The van der Waals surface area contributed by atoms with Crippen molar-refractivity contribution >= 4 is 11.6 Å². The fraction of sp³-hybridized carbons (Fsp3) is 0.333. The molecule has 2 heterocycles. The quantitative estimate of drug-likeness (QED) is 0.553. The molecule has 0 aromatic carbocycles. The van der Waals surface area contributed by atoms with E-state index in [2.05, 4.69) is 15.5 Å². The number of amides is 1. The van der Waals surface area contributed by atoms with Gasteiger partial charge in [-0.1, -0.05) is 0 Å². The second-order valence-electron chi connectivity index (χ2n) is 2.37. The van der Waals surface area contributed by atoms with Crippen LogP contribution in [-0.4, -0.2) is 22.7 Å². The number of anilines is 1. The standard InChI is InChI=1S/C6H7N3O2/c1-3-5-6(9-8-3)11-2-4(10)7-5/h2H2,1H3,(H,7,10)(H,8,9). The first kappa shape index (κ1) is 6.21. The molecule has 0 saturated carbocycles. The van der Waals surface area contributed by atoms with Gasteiger partial charge in [-0.2, -0.15) is 0 Å². The molecule has 0 unspecified atom stereocenters. The molecule has 0 radical (unpaired) electrons. The number of hydrogen-bond donors (Lipinski definition) is 2. The number of nitrogens with zero attached hydrogens (tertiary/aromatic N) is 1. The smallest absolute Gasteiger partial charge is 0.262 e. The first-order chi connectivity index (χ1) is 5.27. The van der Waals surface area contributed by atoms with Crippen LogP contribution in [0.25, 0.3) is 0 Å². The summed E-state index contributed by atoms with van der Waals surface area (Å²) in [6.07, 6.45) is 0. The van der Waals surface area contributed by atoms with Crippen LogP contribution in [0.1, 0.15) is 5.69 Å². The Morgan fingerprint density at radius 1 is 1.64 bits per heavy atom. The monoisotopic (exact) mass is 153 g/mol. The van der Waals surface area contributed by atoms with Crippen molar-refractivity contribution in [2.45, 2.75) is 6.92 Å². The largest absolute Gasteiger partial charge is 0.465 e. The van der Waals surface area contributed by atoms with Crippen LogP contribution in [0.5, 0.6) is 5.88 Å². The van der Waals surface area contributed by atoms with Gasteiger partial charge in [-0.05, 0) is 6.92 Å². The number of hydrogen-bond acceptors (Lipinski definition) is 3. The Labute approximate surface area is 62.7 Å². The predicted octanol–water partition coefficient (Wildman–Crippen LogP) is 0.0490. The number of rotatable bonds is 0. The zero-order valence-electron chi connectivity index (χ0n) is 5.97. The van der Waals surface area contributed by atoms with Gasteiger partial charge in [-0.25, -0.2) is 0 Å². The second kappa shape index (κ2) is 1.98. The Kier molecular flexibility index (Phi) is 1.12. The molecule has 0 spiro atoms. The number of carbonyl (C=O) groups is 1. The molecule has 1 amide bonds. The topological polar surface area (TPSA) is 67.0 Å². The van der Waals surface area contributed by atoms with Crippen LogP contribution in [0.2, 0.25) is 0 Å². The van der Waals surface area contributed by atoms with E-state index in [1.165, 1.54) is 0 Å². The normalized spacial score (nSPS) is 15.2. The lowest BCUT2D eigenvalue weighted by Gasteiger charge is -2.12. The van der Waals surface area contributed by atoms with Gasteiger partial charge in [-0.3, -0.25) is 9.89 Å². The SMILES string of the molecule is Cc1[nH]nc2c1NC(=O)CO2. The van der Waals surface area contributed by atoms with E-state index >= 15 is 0 Å². The average Bonchev–Trinajstić information content (AvgIpc) is 2.33. The molecule has 58 valence electrons. The van der Waals surface area contributed by atoms with E-state index in [0.717, 1.165) is 5.69 Å². The Balaban J connectivity index is 2.45. The maximum atomic E-state index is 10.8. The molecule has 1 aromatic rings. The van der Waals surface area contributed by atoms with Gasteiger partial charge in [0.25, 0.3) is 11.8 Å². The summed E-state index contributed by atoms with van der Waals surface area (Å²) in [6.45, 7) is 1.87. The highest BCUT2D eigenvalue weighted by Gasteiger charge is 2.20. The third-order valence-corrected chi connectivity index (χ3v) is 1.52. The van der Waals surface area contributed by atoms with Gasteiger partial charge in [-0.15, -0.1) is 5.10 Å². The minimum atomic E-state index is -0.137. The molecule has 0 saturated heterocycles. The van der Waals surface area contributed by atoms with Crippen molar-refractivity contribution < 1.29 is 9.53 Å². The fourth-order valence-electron chi connectivity index (χ4n) is 0.968. The molecule has 0 atom stereocenters. The second-order valence-corrected chi connectivity index (χ2v) is 2.37. The maximum absolute atomic E-state index is 10.8. The first-order valence-corrected chi connectivity index (χ1v) is 3.25. The van der Waals surface area contributed by atoms with Crippen molar-refractivity contribution in [1.29, 1.82) is 0 Å². The van der Waals surface area contributed by atoms with Crippen molar-refractivity contribution in [2.75, 3.05) is 11.9 Å². The summed E-state index contributed by atoms with van der Waals surface area (Å²) in [5.41, 5.74) is 1.47. The first-order valence-electron chi connectivity index (χ1n) is 3.25. The average molecular weight is 153 g/mol. The van der Waals surface area contributed by atoms with Crippen LogP contribution in [0.3, 0.4) is 0 Å². The minimum Gasteiger partial charge on any atom is -0.465 e. The molecule has 5 heteroatoms. The van der Waals surface area contributed by atoms with E-state index in [-0.39, 0.29) is 12.5 Å². The number of carbonyl (C=O) groups excluding carboxylic acids is 1. The van der Waals surface area contributed by atoms with Crippen LogP contribution in [0.4, 0.5) is 5.69 Å². The number of aryl methyl sites for hydroxylation is 1. The summed E-state index contributed by atoms with van der Waals surface area (Å²) in [6, 6.07) is 0. The number of aromatic amines is 1. The molecule has 1 aliphatic rings. The van der Waals surface area contributed by atoms with Crippen LogP contribution < -0.4 is 10.1 Å². The summed E-state index contributed by atoms with van der Waals surface area (Å²) in [5, 5.41) is 9.19. The van der Waals surface area contributed by atoms with Crippen molar-refractivity contribution in [1.82, 2.24) is 10.2 Å². The van der Waals surface area contributed by atoms with Crippen LogP contribution in [0.15, 0.2) is 0 Å². The molecule has 1 aliphatic heterocycles. The van der Waals surface area contributed by atoms with E-state index in [0.29, 0.717) is 11.6 Å². The molecule has 5 nitrogen and oxygen atoms in total. The fourth-order valence-corrected chi connectivity index (χ4v) is 0.968. The lowest BCUT2D eigenvalue weighted by atomic mass is 10.3. The lowest BCUT2D eigenvalue weighted by Crippen LogP contribution is -2.25. The zero-order valence-corrected chi connectivity index (χ0v) is 5.97. The molecule has 0 fully saturated rings. The van der Waals surface area contributed by atoms with Gasteiger partial charge in [0.1, 0.15) is 5.69 Å². The molecule has 0 bridgehead atoms. The maximum Gasteiger partial charge on any atom is 0.262 e. The molecule has 1 aromatic heterocycles. The number of aromatic nitrogens is 2. The Morgan fingerprint density at radius 3 is 3.27 bits per heavy atom. The highest BCUT2D eigenvalue weighted by Crippen LogP contribution is 2.26. The van der Waals surface area contributed by atoms with E-state index < -0.39 is 0 Å². The van der Waals surface area contributed by atoms with Gasteiger partial charge < -0.3 is 10.1 Å². The van der Waals surface area contributed by atoms with Crippen molar-refractivity contribution in [3.63, 3.8) is 0 Å². The zero-order chi connectivity index (χ0) is 7.84. The lowest BCUT2D eigenvalue weighted by molar-refractivity contribution is -0.118. The number of fused-ring (bicyclic) bond motifs is 1. The van der Waals surface area contributed by atoms with Gasteiger partial charge >= 0.3 is 0 Å². The Hall–Kier alpha value is -1.52.